The minimum absolute atomic E-state index is 0.000988. The largest absolute Gasteiger partial charge is 0.506 e. The average Bonchev–Trinajstić information content (AvgIpc) is 2.08. The maximum absolute atomic E-state index is 9.41. The van der Waals surface area contributed by atoms with Crippen LogP contribution in [0, 0.1) is 0 Å². The molecule has 0 heterocycles. The Balaban J connectivity index is 3.39. The van der Waals surface area contributed by atoms with Gasteiger partial charge in [-0.1, -0.05) is 34.8 Å². The van der Waals surface area contributed by atoms with Crippen LogP contribution in [-0.4, -0.2) is 5.11 Å². The average molecular weight is 243 g/mol. The number of phenolic OH excluding ortho intramolecular Hbond substituents is 1. The predicted octanol–water partition coefficient (Wildman–Crippen LogP) is 3.73. The fraction of sp³-hybridized carbons (Fsp3) is 0.143. The third-order valence-corrected chi connectivity index (χ3v) is 3.13. The molecule has 1 aromatic rings. The van der Waals surface area contributed by atoms with Gasteiger partial charge < -0.3 is 5.11 Å². The molecule has 1 nitrogen and oxygen atoms in total. The molecule has 0 radical (unpaired) electrons. The van der Waals surface area contributed by atoms with Crippen LogP contribution in [0.4, 0.5) is 0 Å². The summed E-state index contributed by atoms with van der Waals surface area (Å²) >= 11 is 17.1. The molecule has 0 aliphatic heterocycles. The van der Waals surface area contributed by atoms with Gasteiger partial charge in [-0.3, -0.25) is 0 Å². The second kappa shape index (κ2) is 4.02. The van der Waals surface area contributed by atoms with Crippen LogP contribution in [0.25, 0.3) is 0 Å². The monoisotopic (exact) mass is 242 g/mol. The van der Waals surface area contributed by atoms with Crippen LogP contribution in [0.1, 0.15) is 5.56 Å². The number of halogens is 3. The van der Waals surface area contributed by atoms with Crippen molar-refractivity contribution < 1.29 is 5.11 Å². The molecule has 0 aliphatic rings. The Morgan fingerprint density at radius 2 is 1.83 bits per heavy atom. The topological polar surface area (TPSA) is 20.2 Å². The molecule has 0 fully saturated rings. The molecule has 1 rings (SSSR count). The van der Waals surface area contributed by atoms with Crippen LogP contribution < -0.4 is 0 Å². The van der Waals surface area contributed by atoms with Gasteiger partial charge in [-0.25, -0.2) is 0 Å². The molecule has 1 aromatic carbocycles. The highest BCUT2D eigenvalue weighted by molar-refractivity contribution is 7.15. The molecule has 0 aromatic heterocycles. The number of rotatable bonds is 1. The van der Waals surface area contributed by atoms with Gasteiger partial charge in [-0.05, 0) is 12.2 Å². The summed E-state index contributed by atoms with van der Waals surface area (Å²) in [6.07, 6.45) is 0.586. The zero-order chi connectivity index (χ0) is 9.30. The van der Waals surface area contributed by atoms with Crippen molar-refractivity contribution >= 4 is 44.0 Å². The third kappa shape index (κ3) is 1.80. The Kier molecular flexibility index (Phi) is 3.48. The molecular weight excluding hydrogens is 237 g/mol. The van der Waals surface area contributed by atoms with E-state index in [1.807, 2.05) is 0 Å². The zero-order valence-corrected chi connectivity index (χ0v) is 9.37. The Hall–Kier alpha value is 0.320. The van der Waals surface area contributed by atoms with Crippen molar-refractivity contribution in [3.05, 3.63) is 26.7 Å². The Morgan fingerprint density at radius 1 is 1.25 bits per heavy atom. The highest BCUT2D eigenvalue weighted by Crippen LogP contribution is 2.39. The van der Waals surface area contributed by atoms with Crippen molar-refractivity contribution in [1.29, 1.82) is 0 Å². The molecule has 1 unspecified atom stereocenters. The van der Waals surface area contributed by atoms with E-state index in [-0.39, 0.29) is 15.8 Å². The maximum atomic E-state index is 9.41. The molecule has 0 amide bonds. The molecule has 1 atom stereocenters. The van der Waals surface area contributed by atoms with Crippen molar-refractivity contribution in [2.24, 2.45) is 0 Å². The molecule has 12 heavy (non-hydrogen) atoms. The van der Waals surface area contributed by atoms with E-state index >= 15 is 0 Å². The van der Waals surface area contributed by atoms with Gasteiger partial charge in [0.2, 0.25) is 0 Å². The fourth-order valence-corrected chi connectivity index (χ4v) is 1.74. The van der Waals surface area contributed by atoms with Gasteiger partial charge in [-0.2, -0.15) is 0 Å². The van der Waals surface area contributed by atoms with Crippen LogP contribution in [0.5, 0.6) is 5.75 Å². The summed E-state index contributed by atoms with van der Waals surface area (Å²) in [6, 6.07) is 1.60. The Bertz CT molecular complexity index is 314. The summed E-state index contributed by atoms with van der Waals surface area (Å²) in [5, 5.41) is 10.1. The summed E-state index contributed by atoms with van der Waals surface area (Å²) in [5.41, 5.74) is 0.666. The second-order valence-corrected chi connectivity index (χ2v) is 3.77. The third-order valence-electron chi connectivity index (χ3n) is 1.44. The molecule has 0 aliphatic carbocycles. The maximum Gasteiger partial charge on any atom is 0.139 e. The normalized spacial score (nSPS) is 10.3. The van der Waals surface area contributed by atoms with E-state index in [9.17, 15) is 5.11 Å². The van der Waals surface area contributed by atoms with Gasteiger partial charge in [0.05, 0.1) is 10.0 Å². The fourth-order valence-electron chi connectivity index (χ4n) is 0.790. The first kappa shape index (κ1) is 10.4. The lowest BCUT2D eigenvalue weighted by atomic mass is 10.2. The van der Waals surface area contributed by atoms with E-state index in [4.69, 9.17) is 34.8 Å². The first-order valence-corrected chi connectivity index (χ1v) is 5.08. The molecule has 66 valence electrons. The van der Waals surface area contributed by atoms with Gasteiger partial charge in [-0.15, -0.1) is 9.24 Å². The first-order chi connectivity index (χ1) is 5.57. The Morgan fingerprint density at radius 3 is 2.33 bits per heavy atom. The van der Waals surface area contributed by atoms with Gasteiger partial charge in [0.15, 0.2) is 0 Å². The smallest absolute Gasteiger partial charge is 0.139 e. The molecular formula is C7H6Cl3OP. The molecule has 0 saturated carbocycles. The quantitative estimate of drug-likeness (QED) is 0.588. The summed E-state index contributed by atoms with van der Waals surface area (Å²) in [5.74, 6) is 0.000988. The van der Waals surface area contributed by atoms with Crippen molar-refractivity contribution in [2.45, 2.75) is 6.16 Å². The summed E-state index contributed by atoms with van der Waals surface area (Å²) in [7, 11) is 2.47. The Labute approximate surface area is 87.8 Å². The minimum atomic E-state index is 0.000988. The molecule has 0 saturated heterocycles. The summed E-state index contributed by atoms with van der Waals surface area (Å²) in [6.45, 7) is 0. The van der Waals surface area contributed by atoms with E-state index in [0.29, 0.717) is 16.7 Å². The van der Waals surface area contributed by atoms with Crippen molar-refractivity contribution in [3.8, 4) is 5.75 Å². The minimum Gasteiger partial charge on any atom is -0.506 e. The van der Waals surface area contributed by atoms with E-state index in [0.717, 1.165) is 0 Å². The second-order valence-electron chi connectivity index (χ2n) is 2.20. The number of phenols is 1. The van der Waals surface area contributed by atoms with Crippen LogP contribution in [0.3, 0.4) is 0 Å². The van der Waals surface area contributed by atoms with E-state index in [1.165, 1.54) is 0 Å². The van der Waals surface area contributed by atoms with Crippen molar-refractivity contribution in [2.75, 3.05) is 0 Å². The van der Waals surface area contributed by atoms with E-state index in [1.54, 1.807) is 6.07 Å². The molecule has 1 N–H and O–H groups in total. The van der Waals surface area contributed by atoms with Crippen LogP contribution in [0.2, 0.25) is 15.1 Å². The lowest BCUT2D eigenvalue weighted by molar-refractivity contribution is 0.471. The molecule has 0 bridgehead atoms. The standard InChI is InChI=1S/C7H6Cl3OP/c8-4-1-3(2-12)7(11)6(10)5(4)9/h1,11H,2,12H2. The number of hydrogen-bond acceptors (Lipinski definition) is 1. The van der Waals surface area contributed by atoms with Crippen LogP contribution >= 0.6 is 44.0 Å². The number of benzene rings is 1. The summed E-state index contributed by atoms with van der Waals surface area (Å²) in [4.78, 5) is 0. The SMILES string of the molecule is Oc1c(CP)cc(Cl)c(Cl)c1Cl. The highest BCUT2D eigenvalue weighted by atomic mass is 35.5. The van der Waals surface area contributed by atoms with Gasteiger partial charge in [0, 0.05) is 5.56 Å². The predicted molar refractivity (Wildman–Crippen MR) is 56.6 cm³/mol. The number of aromatic hydroxyl groups is 1. The summed E-state index contributed by atoms with van der Waals surface area (Å²) < 4.78 is 0. The van der Waals surface area contributed by atoms with E-state index in [2.05, 4.69) is 9.24 Å². The van der Waals surface area contributed by atoms with Crippen molar-refractivity contribution in [3.63, 3.8) is 0 Å². The highest BCUT2D eigenvalue weighted by Gasteiger charge is 2.12. The molecule has 0 spiro atoms. The van der Waals surface area contributed by atoms with Crippen LogP contribution in [0.15, 0.2) is 6.07 Å². The van der Waals surface area contributed by atoms with Crippen molar-refractivity contribution in [1.82, 2.24) is 0 Å². The van der Waals surface area contributed by atoms with Gasteiger partial charge >= 0.3 is 0 Å². The lowest BCUT2D eigenvalue weighted by Crippen LogP contribution is -1.82. The van der Waals surface area contributed by atoms with Crippen LogP contribution in [-0.2, 0) is 6.16 Å². The van der Waals surface area contributed by atoms with Gasteiger partial charge in [0.1, 0.15) is 10.8 Å². The molecule has 5 heteroatoms. The zero-order valence-electron chi connectivity index (χ0n) is 5.94. The van der Waals surface area contributed by atoms with E-state index < -0.39 is 0 Å². The first-order valence-electron chi connectivity index (χ1n) is 3.13. The lowest BCUT2D eigenvalue weighted by Gasteiger charge is -2.06. The number of hydrogen-bond donors (Lipinski definition) is 1. The van der Waals surface area contributed by atoms with Gasteiger partial charge in [0.25, 0.3) is 0 Å².